The van der Waals surface area contributed by atoms with Crippen LogP contribution in [0.1, 0.15) is 58.8 Å². The molecule has 0 radical (unpaired) electrons. The number of benzene rings is 1. The summed E-state index contributed by atoms with van der Waals surface area (Å²) in [4.78, 5) is 29.0. The summed E-state index contributed by atoms with van der Waals surface area (Å²) in [7, 11) is 0. The van der Waals surface area contributed by atoms with Gasteiger partial charge in [-0.3, -0.25) is 9.59 Å². The summed E-state index contributed by atoms with van der Waals surface area (Å²) in [5.41, 5.74) is 2.77. The summed E-state index contributed by atoms with van der Waals surface area (Å²) in [6, 6.07) is 14.4. The molecule has 29 heavy (non-hydrogen) atoms. The first-order chi connectivity index (χ1) is 14.0. The second-order valence-electron chi connectivity index (χ2n) is 7.27. The SMILES string of the molecule is CC(C)CC(=O)c1cccc(C(=O)CCc2cnn(-c3ccccc3C#N)c2)n1. The summed E-state index contributed by atoms with van der Waals surface area (Å²) in [5.74, 6) is 0.0767. The molecule has 6 nitrogen and oxygen atoms in total. The Bertz CT molecular complexity index is 1080. The smallest absolute Gasteiger partial charge is 0.181 e. The quantitative estimate of drug-likeness (QED) is 0.542. The van der Waals surface area contributed by atoms with Gasteiger partial charge in [0.15, 0.2) is 11.6 Å². The van der Waals surface area contributed by atoms with Gasteiger partial charge in [0.2, 0.25) is 0 Å². The van der Waals surface area contributed by atoms with Crippen LogP contribution in [0.25, 0.3) is 5.69 Å². The van der Waals surface area contributed by atoms with Gasteiger partial charge in [-0.1, -0.05) is 32.0 Å². The number of carbonyl (C=O) groups excluding carboxylic acids is 2. The topological polar surface area (TPSA) is 88.6 Å². The van der Waals surface area contributed by atoms with Gasteiger partial charge in [0.05, 0.1) is 17.4 Å². The number of rotatable bonds is 8. The van der Waals surface area contributed by atoms with E-state index in [9.17, 15) is 14.9 Å². The first-order valence-corrected chi connectivity index (χ1v) is 9.54. The van der Waals surface area contributed by atoms with Gasteiger partial charge in [-0.15, -0.1) is 0 Å². The average Bonchev–Trinajstić information content (AvgIpc) is 3.20. The number of hydrogen-bond donors (Lipinski definition) is 0. The Kier molecular flexibility index (Phi) is 6.30. The molecule has 0 saturated heterocycles. The fraction of sp³-hybridized carbons (Fsp3) is 0.261. The van der Waals surface area contributed by atoms with E-state index in [2.05, 4.69) is 16.2 Å². The Balaban J connectivity index is 1.67. The number of hydrogen-bond acceptors (Lipinski definition) is 5. The number of Topliss-reactive ketones (excluding diaryl/α,β-unsaturated/α-hetero) is 2. The Morgan fingerprint density at radius 2 is 1.79 bits per heavy atom. The molecule has 1 aromatic carbocycles. The highest BCUT2D eigenvalue weighted by Crippen LogP contribution is 2.15. The van der Waals surface area contributed by atoms with Crippen LogP contribution >= 0.6 is 0 Å². The van der Waals surface area contributed by atoms with E-state index in [1.165, 1.54) is 0 Å². The number of pyridine rings is 1. The maximum absolute atomic E-state index is 12.5. The van der Waals surface area contributed by atoms with E-state index < -0.39 is 0 Å². The molecule has 0 spiro atoms. The maximum atomic E-state index is 12.5. The molecule has 0 atom stereocenters. The molecule has 0 fully saturated rings. The predicted octanol–water partition coefficient (Wildman–Crippen LogP) is 4.18. The fourth-order valence-corrected chi connectivity index (χ4v) is 3.00. The van der Waals surface area contributed by atoms with Crippen LogP contribution in [0.5, 0.6) is 0 Å². The first kappa shape index (κ1) is 20.2. The molecular formula is C23H22N4O2. The zero-order valence-electron chi connectivity index (χ0n) is 16.5. The molecule has 3 rings (SSSR count). The van der Waals surface area contributed by atoms with Crippen LogP contribution in [0, 0.1) is 17.2 Å². The Morgan fingerprint density at radius 3 is 2.52 bits per heavy atom. The molecule has 0 N–H and O–H groups in total. The highest BCUT2D eigenvalue weighted by molar-refractivity contribution is 5.98. The number of ketones is 2. The van der Waals surface area contributed by atoms with Crippen LogP contribution < -0.4 is 0 Å². The summed E-state index contributed by atoms with van der Waals surface area (Å²) in [6.45, 7) is 3.95. The third kappa shape index (κ3) is 5.02. The predicted molar refractivity (Wildman–Crippen MR) is 109 cm³/mol. The van der Waals surface area contributed by atoms with Gasteiger partial charge in [-0.05, 0) is 42.2 Å². The van der Waals surface area contributed by atoms with Crippen LogP contribution in [-0.4, -0.2) is 26.3 Å². The molecule has 0 amide bonds. The number of aryl methyl sites for hydroxylation is 1. The van der Waals surface area contributed by atoms with Gasteiger partial charge >= 0.3 is 0 Å². The molecular weight excluding hydrogens is 364 g/mol. The molecule has 2 heterocycles. The molecule has 0 aliphatic carbocycles. The van der Waals surface area contributed by atoms with Gasteiger partial charge in [0, 0.05) is 19.0 Å². The number of aromatic nitrogens is 3. The summed E-state index contributed by atoms with van der Waals surface area (Å²) < 4.78 is 1.64. The van der Waals surface area contributed by atoms with Crippen molar-refractivity contribution in [2.75, 3.05) is 0 Å². The molecule has 2 aromatic heterocycles. The van der Waals surface area contributed by atoms with Crippen LogP contribution in [0.4, 0.5) is 0 Å². The molecule has 0 aliphatic heterocycles. The van der Waals surface area contributed by atoms with Crippen LogP contribution in [0.3, 0.4) is 0 Å². The van der Waals surface area contributed by atoms with Crippen molar-refractivity contribution in [3.8, 4) is 11.8 Å². The summed E-state index contributed by atoms with van der Waals surface area (Å²) >= 11 is 0. The van der Waals surface area contributed by atoms with Crippen molar-refractivity contribution >= 4 is 11.6 Å². The number of para-hydroxylation sites is 1. The van der Waals surface area contributed by atoms with E-state index >= 15 is 0 Å². The van der Waals surface area contributed by atoms with Crippen LogP contribution in [-0.2, 0) is 6.42 Å². The molecule has 3 aromatic rings. The monoisotopic (exact) mass is 386 g/mol. The average molecular weight is 386 g/mol. The molecule has 0 aliphatic rings. The van der Waals surface area contributed by atoms with Crippen molar-refractivity contribution < 1.29 is 9.59 Å². The Morgan fingerprint density at radius 1 is 1.07 bits per heavy atom. The first-order valence-electron chi connectivity index (χ1n) is 9.54. The van der Waals surface area contributed by atoms with E-state index in [0.717, 1.165) is 5.56 Å². The van der Waals surface area contributed by atoms with E-state index in [0.29, 0.717) is 35.5 Å². The zero-order chi connectivity index (χ0) is 20.8. The maximum Gasteiger partial charge on any atom is 0.181 e. The van der Waals surface area contributed by atoms with Crippen molar-refractivity contribution in [3.63, 3.8) is 0 Å². The third-order valence-corrected chi connectivity index (χ3v) is 4.46. The minimum absolute atomic E-state index is 0.0490. The minimum atomic E-state index is -0.116. The van der Waals surface area contributed by atoms with Gasteiger partial charge < -0.3 is 0 Å². The van der Waals surface area contributed by atoms with Crippen molar-refractivity contribution in [1.29, 1.82) is 5.26 Å². The normalized spacial score (nSPS) is 10.7. The van der Waals surface area contributed by atoms with Gasteiger partial charge in [-0.2, -0.15) is 10.4 Å². The molecule has 0 unspecified atom stereocenters. The lowest BCUT2D eigenvalue weighted by Crippen LogP contribution is -2.10. The van der Waals surface area contributed by atoms with E-state index in [4.69, 9.17) is 0 Å². The zero-order valence-corrected chi connectivity index (χ0v) is 16.5. The van der Waals surface area contributed by atoms with Crippen molar-refractivity contribution in [3.05, 3.63) is 77.4 Å². The fourth-order valence-electron chi connectivity index (χ4n) is 3.00. The molecule has 6 heteroatoms. The molecule has 0 saturated carbocycles. The van der Waals surface area contributed by atoms with E-state index in [1.54, 1.807) is 41.2 Å². The molecule has 146 valence electrons. The van der Waals surface area contributed by atoms with Crippen molar-refractivity contribution in [2.24, 2.45) is 5.92 Å². The standard InChI is InChI=1S/C23H22N4O2/c1-16(2)12-23(29)20-8-5-7-19(26-20)22(28)11-10-17-14-25-27(15-17)21-9-4-3-6-18(21)13-24/h3-9,14-16H,10-12H2,1-2H3. The highest BCUT2D eigenvalue weighted by atomic mass is 16.1. The van der Waals surface area contributed by atoms with E-state index in [1.807, 2.05) is 32.2 Å². The van der Waals surface area contributed by atoms with Crippen molar-refractivity contribution in [2.45, 2.75) is 33.1 Å². The Labute approximate surface area is 169 Å². The second-order valence-corrected chi connectivity index (χ2v) is 7.27. The molecule has 0 bridgehead atoms. The largest absolute Gasteiger partial charge is 0.292 e. The lowest BCUT2D eigenvalue weighted by molar-refractivity contribution is 0.0962. The summed E-state index contributed by atoms with van der Waals surface area (Å²) in [5, 5.41) is 13.5. The van der Waals surface area contributed by atoms with Crippen LogP contribution in [0.15, 0.2) is 54.9 Å². The lowest BCUT2D eigenvalue weighted by Gasteiger charge is -2.05. The van der Waals surface area contributed by atoms with Gasteiger partial charge in [-0.25, -0.2) is 9.67 Å². The lowest BCUT2D eigenvalue weighted by atomic mass is 10.0. The number of nitriles is 1. The second kappa shape index (κ2) is 9.07. The highest BCUT2D eigenvalue weighted by Gasteiger charge is 2.14. The number of nitrogens with zero attached hydrogens (tertiary/aromatic N) is 4. The van der Waals surface area contributed by atoms with Gasteiger partial charge in [0.1, 0.15) is 17.5 Å². The van der Waals surface area contributed by atoms with E-state index in [-0.39, 0.29) is 23.9 Å². The van der Waals surface area contributed by atoms with Gasteiger partial charge in [0.25, 0.3) is 0 Å². The van der Waals surface area contributed by atoms with Crippen LogP contribution in [0.2, 0.25) is 0 Å². The van der Waals surface area contributed by atoms with Crippen molar-refractivity contribution in [1.82, 2.24) is 14.8 Å². The number of carbonyl (C=O) groups is 2. The summed E-state index contributed by atoms with van der Waals surface area (Å²) in [6.07, 6.45) is 4.69. The minimum Gasteiger partial charge on any atom is -0.292 e. The Hall–Kier alpha value is -3.59. The third-order valence-electron chi connectivity index (χ3n) is 4.46.